The summed E-state index contributed by atoms with van der Waals surface area (Å²) in [7, 11) is 0. The Bertz CT molecular complexity index is 117. The Balaban J connectivity index is 2.33. The van der Waals surface area contributed by atoms with Crippen molar-refractivity contribution in [2.24, 2.45) is 5.92 Å². The molecule has 0 aromatic carbocycles. The molecule has 57 valence electrons. The molecule has 1 aliphatic carbocycles. The topological polar surface area (TPSA) is 0 Å². The predicted molar refractivity (Wildman–Crippen MR) is 41.4 cm³/mol. The minimum Gasteiger partial charge on any atom is -0.247 e. The summed E-state index contributed by atoms with van der Waals surface area (Å²) in [6.07, 6.45) is 3.03. The maximum atomic E-state index is 12.6. The maximum absolute atomic E-state index is 12.6. The fourth-order valence-corrected chi connectivity index (χ4v) is 1.41. The summed E-state index contributed by atoms with van der Waals surface area (Å²) in [4.78, 5) is 0. The molecule has 0 spiro atoms. The summed E-state index contributed by atoms with van der Waals surface area (Å²) in [5.74, 6) is 0.200. The first-order chi connectivity index (χ1) is 4.70. The maximum Gasteiger partial charge on any atom is 0.103 e. The van der Waals surface area contributed by atoms with Crippen molar-refractivity contribution in [3.63, 3.8) is 0 Å². The Morgan fingerprint density at radius 1 is 1.40 bits per heavy atom. The molecule has 0 amide bonds. The highest BCUT2D eigenvalue weighted by Gasteiger charge is 2.20. The normalized spacial score (nSPS) is 24.8. The van der Waals surface area contributed by atoms with Crippen LogP contribution in [0.5, 0.6) is 0 Å². The first-order valence-electron chi connectivity index (χ1n) is 3.84. The number of rotatable bonds is 1. The van der Waals surface area contributed by atoms with Gasteiger partial charge in [-0.3, -0.25) is 0 Å². The Kier molecular flexibility index (Phi) is 2.47. The number of hydrogen-bond acceptors (Lipinski definition) is 0. The Morgan fingerprint density at radius 2 is 1.90 bits per heavy atom. The smallest absolute Gasteiger partial charge is 0.103 e. The van der Waals surface area contributed by atoms with E-state index < -0.39 is 6.17 Å². The van der Waals surface area contributed by atoms with Gasteiger partial charge in [-0.25, -0.2) is 4.39 Å². The Hall–Kier alpha value is -0.330. The van der Waals surface area contributed by atoms with Gasteiger partial charge in [0.05, 0.1) is 0 Å². The third kappa shape index (κ3) is 1.83. The third-order valence-electron chi connectivity index (χ3n) is 2.25. The van der Waals surface area contributed by atoms with Gasteiger partial charge in [0.25, 0.3) is 0 Å². The van der Waals surface area contributed by atoms with Crippen molar-refractivity contribution in [3.8, 4) is 0 Å². The molecule has 0 nitrogen and oxygen atoms in total. The lowest BCUT2D eigenvalue weighted by molar-refractivity contribution is 0.238. The van der Waals surface area contributed by atoms with Crippen LogP contribution in [-0.4, -0.2) is 6.17 Å². The predicted octanol–water partition coefficient (Wildman–Crippen LogP) is 2.90. The van der Waals surface area contributed by atoms with E-state index in [4.69, 9.17) is 0 Å². The minimum absolute atomic E-state index is 0.200. The third-order valence-corrected chi connectivity index (χ3v) is 2.25. The molecule has 0 N–H and O–H groups in total. The van der Waals surface area contributed by atoms with Crippen LogP contribution in [-0.2, 0) is 0 Å². The molecule has 1 heteroatoms. The lowest BCUT2D eigenvalue weighted by Crippen LogP contribution is -2.16. The van der Waals surface area contributed by atoms with Crippen LogP contribution in [0.15, 0.2) is 12.2 Å². The van der Waals surface area contributed by atoms with Crippen molar-refractivity contribution in [3.05, 3.63) is 19.1 Å². The van der Waals surface area contributed by atoms with E-state index in [1.807, 2.05) is 0 Å². The van der Waals surface area contributed by atoms with Crippen molar-refractivity contribution in [1.82, 2.24) is 0 Å². The number of alkyl halides is 1. The molecule has 1 saturated carbocycles. The molecule has 0 bridgehead atoms. The largest absolute Gasteiger partial charge is 0.247 e. The van der Waals surface area contributed by atoms with Crippen molar-refractivity contribution >= 4 is 0 Å². The fraction of sp³-hybridized carbons (Fsp3) is 0.667. The van der Waals surface area contributed by atoms with Crippen LogP contribution in [0.25, 0.3) is 0 Å². The fourth-order valence-electron chi connectivity index (χ4n) is 1.41. The number of hydrogen-bond donors (Lipinski definition) is 0. The number of halogens is 1. The molecule has 0 saturated heterocycles. The molecule has 1 rings (SSSR count). The van der Waals surface area contributed by atoms with Crippen LogP contribution in [0.2, 0.25) is 0 Å². The van der Waals surface area contributed by atoms with E-state index >= 15 is 0 Å². The lowest BCUT2D eigenvalue weighted by Gasteiger charge is -2.23. The van der Waals surface area contributed by atoms with Gasteiger partial charge in [0.15, 0.2) is 0 Å². The van der Waals surface area contributed by atoms with Gasteiger partial charge in [-0.2, -0.15) is 0 Å². The van der Waals surface area contributed by atoms with E-state index in [1.54, 1.807) is 0 Å². The van der Waals surface area contributed by atoms with Gasteiger partial charge in [-0.1, -0.05) is 12.2 Å². The van der Waals surface area contributed by atoms with Crippen molar-refractivity contribution in [2.75, 3.05) is 0 Å². The second-order valence-electron chi connectivity index (χ2n) is 3.10. The average Bonchev–Trinajstić information content (AvgIpc) is 1.88. The molecule has 0 heterocycles. The second-order valence-corrected chi connectivity index (χ2v) is 3.10. The zero-order valence-corrected chi connectivity index (χ0v) is 6.28. The molecule has 0 aromatic rings. The second kappa shape index (κ2) is 3.18. The number of allylic oxidation sites excluding steroid dienone is 1. The summed E-state index contributed by atoms with van der Waals surface area (Å²) in [5, 5.41) is 0. The van der Waals surface area contributed by atoms with Crippen LogP contribution in [0.3, 0.4) is 0 Å². The van der Waals surface area contributed by atoms with Gasteiger partial charge in [-0.15, -0.1) is 0 Å². The Labute approximate surface area is 62.1 Å². The minimum atomic E-state index is -0.867. The highest BCUT2D eigenvalue weighted by molar-refractivity contribution is 4.99. The molecular weight excluding hydrogens is 127 g/mol. The van der Waals surface area contributed by atoms with E-state index in [1.165, 1.54) is 5.57 Å². The molecule has 1 fully saturated rings. The summed E-state index contributed by atoms with van der Waals surface area (Å²) < 4.78 is 12.6. The summed E-state index contributed by atoms with van der Waals surface area (Å²) >= 11 is 0. The van der Waals surface area contributed by atoms with Crippen LogP contribution < -0.4 is 0 Å². The van der Waals surface area contributed by atoms with Crippen molar-refractivity contribution < 1.29 is 4.39 Å². The van der Waals surface area contributed by atoms with Crippen molar-refractivity contribution in [2.45, 2.75) is 31.9 Å². The average molecular weight is 141 g/mol. The summed E-state index contributed by atoms with van der Waals surface area (Å²) in [5.41, 5.74) is 1.27. The van der Waals surface area contributed by atoms with Crippen LogP contribution in [0.4, 0.5) is 4.39 Å². The van der Waals surface area contributed by atoms with Gasteiger partial charge in [0.2, 0.25) is 0 Å². The molecule has 1 atom stereocenters. The molecule has 1 unspecified atom stereocenters. The van der Waals surface area contributed by atoms with Crippen molar-refractivity contribution in [1.29, 1.82) is 0 Å². The van der Waals surface area contributed by atoms with E-state index in [0.29, 0.717) is 0 Å². The van der Waals surface area contributed by atoms with Crippen LogP contribution in [0, 0.1) is 12.8 Å². The highest BCUT2D eigenvalue weighted by atomic mass is 19.1. The van der Waals surface area contributed by atoms with Crippen LogP contribution >= 0.6 is 0 Å². The lowest BCUT2D eigenvalue weighted by atomic mass is 9.84. The molecule has 0 aromatic heterocycles. The standard InChI is InChI=1S/C9H14F/c1-7-3-5-9(6-4-7)8(2)10/h8-9H,1-6H2. The van der Waals surface area contributed by atoms with Gasteiger partial charge in [0, 0.05) is 0 Å². The monoisotopic (exact) mass is 141 g/mol. The zero-order valence-electron chi connectivity index (χ0n) is 6.28. The van der Waals surface area contributed by atoms with Crippen LogP contribution in [0.1, 0.15) is 25.7 Å². The molecule has 1 radical (unpaired) electrons. The Morgan fingerprint density at radius 3 is 2.30 bits per heavy atom. The summed E-state index contributed by atoms with van der Waals surface area (Å²) in [6, 6.07) is 0. The first-order valence-corrected chi connectivity index (χ1v) is 3.84. The summed E-state index contributed by atoms with van der Waals surface area (Å²) in [6.45, 7) is 7.26. The van der Waals surface area contributed by atoms with Gasteiger partial charge >= 0.3 is 0 Å². The molecule has 10 heavy (non-hydrogen) atoms. The van der Waals surface area contributed by atoms with Gasteiger partial charge in [0.1, 0.15) is 6.17 Å². The highest BCUT2D eigenvalue weighted by Crippen LogP contribution is 2.30. The molecule has 1 aliphatic rings. The van der Waals surface area contributed by atoms with Gasteiger partial charge in [-0.05, 0) is 38.5 Å². The quantitative estimate of drug-likeness (QED) is 0.492. The zero-order chi connectivity index (χ0) is 7.56. The molecular formula is C9H14F. The van der Waals surface area contributed by atoms with Gasteiger partial charge < -0.3 is 0 Å². The van der Waals surface area contributed by atoms with E-state index in [9.17, 15) is 4.39 Å². The molecule has 0 aliphatic heterocycles. The van der Waals surface area contributed by atoms with E-state index in [0.717, 1.165) is 25.7 Å². The first kappa shape index (κ1) is 7.77. The van der Waals surface area contributed by atoms with E-state index in [-0.39, 0.29) is 5.92 Å². The SMILES string of the molecule is [CH2]C(F)C1CCC(=C)CC1. The van der Waals surface area contributed by atoms with E-state index in [2.05, 4.69) is 13.5 Å².